The van der Waals surface area contributed by atoms with E-state index in [0.717, 1.165) is 0 Å². The van der Waals surface area contributed by atoms with Gasteiger partial charge in [-0.15, -0.1) is 0 Å². The van der Waals surface area contributed by atoms with Crippen molar-refractivity contribution in [3.8, 4) is 0 Å². The molecule has 0 saturated carbocycles. The van der Waals surface area contributed by atoms with Crippen LogP contribution in [0, 0.1) is 0 Å². The molecule has 0 aliphatic carbocycles. The summed E-state index contributed by atoms with van der Waals surface area (Å²) >= 11 is 0. The molecule has 7 nitrogen and oxygen atoms in total. The summed E-state index contributed by atoms with van der Waals surface area (Å²) in [6.07, 6.45) is -0.281. The SMILES string of the molecule is CC(=O)CS(=O)c1ccc(CC(N)(C(=O)O)C(=O)OC(C)(C)C)cc1. The van der Waals surface area contributed by atoms with E-state index < -0.39 is 33.9 Å². The standard InChI is InChI=1S/C17H23NO6S/c1-11(19)10-25(23)13-7-5-12(6-8-13)9-17(18,14(20)21)15(22)24-16(2,3)4/h5-8H,9-10,18H2,1-4H3,(H,20,21). The number of aliphatic carboxylic acids is 1. The van der Waals surface area contributed by atoms with Crippen LogP contribution in [0.2, 0.25) is 0 Å². The zero-order chi connectivity index (χ0) is 19.4. The summed E-state index contributed by atoms with van der Waals surface area (Å²) in [5, 5.41) is 9.39. The van der Waals surface area contributed by atoms with E-state index in [9.17, 15) is 23.7 Å². The van der Waals surface area contributed by atoms with Crippen molar-refractivity contribution in [1.82, 2.24) is 0 Å². The number of ether oxygens (including phenoxy) is 1. The molecular weight excluding hydrogens is 346 g/mol. The molecule has 1 aromatic rings. The van der Waals surface area contributed by atoms with Gasteiger partial charge in [-0.25, -0.2) is 9.59 Å². The Morgan fingerprint density at radius 3 is 2.08 bits per heavy atom. The lowest BCUT2D eigenvalue weighted by Gasteiger charge is -2.28. The molecule has 1 aromatic carbocycles. The van der Waals surface area contributed by atoms with Crippen LogP contribution in [0.1, 0.15) is 33.3 Å². The monoisotopic (exact) mass is 369 g/mol. The van der Waals surface area contributed by atoms with Crippen LogP contribution in [0.4, 0.5) is 0 Å². The molecule has 0 saturated heterocycles. The first-order valence-corrected chi connectivity index (χ1v) is 8.89. The minimum absolute atomic E-state index is 0.0901. The summed E-state index contributed by atoms with van der Waals surface area (Å²) in [6, 6.07) is 6.10. The number of carboxylic acids is 1. The number of benzene rings is 1. The zero-order valence-electron chi connectivity index (χ0n) is 14.7. The van der Waals surface area contributed by atoms with E-state index in [1.54, 1.807) is 20.8 Å². The number of carboxylic acid groups (broad SMARTS) is 1. The Bertz CT molecular complexity index is 692. The Hall–Kier alpha value is -2.06. The van der Waals surface area contributed by atoms with Gasteiger partial charge in [-0.05, 0) is 45.4 Å². The average Bonchev–Trinajstić information content (AvgIpc) is 2.45. The van der Waals surface area contributed by atoms with Crippen molar-refractivity contribution >= 4 is 28.5 Å². The molecule has 0 amide bonds. The van der Waals surface area contributed by atoms with Crippen LogP contribution < -0.4 is 5.73 Å². The number of hydrogen-bond acceptors (Lipinski definition) is 6. The molecule has 0 fully saturated rings. The second-order valence-electron chi connectivity index (χ2n) is 6.79. The number of carbonyl (C=O) groups is 3. The van der Waals surface area contributed by atoms with Gasteiger partial charge in [0.15, 0.2) is 0 Å². The smallest absolute Gasteiger partial charge is 0.338 e. The van der Waals surface area contributed by atoms with Gasteiger partial charge >= 0.3 is 11.9 Å². The summed E-state index contributed by atoms with van der Waals surface area (Å²) in [4.78, 5) is 35.2. The van der Waals surface area contributed by atoms with Gasteiger partial charge in [0.25, 0.3) is 0 Å². The van der Waals surface area contributed by atoms with Gasteiger partial charge in [-0.1, -0.05) is 12.1 Å². The van der Waals surface area contributed by atoms with Crippen molar-refractivity contribution in [2.75, 3.05) is 5.75 Å². The number of Topliss-reactive ketones (excluding diaryl/α,β-unsaturated/α-hetero) is 1. The molecule has 0 aromatic heterocycles. The van der Waals surface area contributed by atoms with E-state index in [4.69, 9.17) is 10.5 Å². The second-order valence-corrected chi connectivity index (χ2v) is 8.24. The lowest BCUT2D eigenvalue weighted by molar-refractivity contribution is -0.169. The average molecular weight is 369 g/mol. The minimum atomic E-state index is -2.23. The maximum atomic E-state index is 12.2. The first-order chi connectivity index (χ1) is 11.3. The Kier molecular flexibility index (Phi) is 6.61. The Morgan fingerprint density at radius 1 is 1.16 bits per heavy atom. The molecule has 0 heterocycles. The van der Waals surface area contributed by atoms with Gasteiger partial charge in [0, 0.05) is 11.3 Å². The summed E-state index contributed by atoms with van der Waals surface area (Å²) in [5.74, 6) is -2.81. The molecule has 138 valence electrons. The predicted molar refractivity (Wildman–Crippen MR) is 92.5 cm³/mol. The van der Waals surface area contributed by atoms with Crippen molar-refractivity contribution in [3.63, 3.8) is 0 Å². The van der Waals surface area contributed by atoms with E-state index in [1.807, 2.05) is 0 Å². The van der Waals surface area contributed by atoms with Gasteiger partial charge in [-0.2, -0.15) is 0 Å². The fourth-order valence-electron chi connectivity index (χ4n) is 1.95. The van der Waals surface area contributed by atoms with Crippen molar-refractivity contribution in [1.29, 1.82) is 0 Å². The van der Waals surface area contributed by atoms with Gasteiger partial charge in [0.05, 0.1) is 16.6 Å². The highest BCUT2D eigenvalue weighted by molar-refractivity contribution is 7.85. The van der Waals surface area contributed by atoms with E-state index in [-0.39, 0.29) is 18.0 Å². The van der Waals surface area contributed by atoms with Crippen LogP contribution in [0.25, 0.3) is 0 Å². The Balaban J connectivity index is 2.99. The Morgan fingerprint density at radius 2 is 1.68 bits per heavy atom. The van der Waals surface area contributed by atoms with Crippen LogP contribution in [0.15, 0.2) is 29.2 Å². The topological polar surface area (TPSA) is 124 Å². The molecule has 3 N–H and O–H groups in total. The number of ketones is 1. The van der Waals surface area contributed by atoms with Crippen molar-refractivity contribution in [2.24, 2.45) is 5.73 Å². The quantitative estimate of drug-likeness (QED) is 0.544. The van der Waals surface area contributed by atoms with E-state index in [2.05, 4.69) is 0 Å². The molecule has 0 spiro atoms. The van der Waals surface area contributed by atoms with Gasteiger partial charge < -0.3 is 15.6 Å². The van der Waals surface area contributed by atoms with Gasteiger partial charge in [0.1, 0.15) is 11.4 Å². The molecule has 2 atom stereocenters. The molecule has 1 rings (SSSR count). The zero-order valence-corrected chi connectivity index (χ0v) is 15.5. The van der Waals surface area contributed by atoms with Crippen LogP contribution in [-0.4, -0.2) is 43.9 Å². The third kappa shape index (κ3) is 6.06. The van der Waals surface area contributed by atoms with Crippen LogP contribution in [0.5, 0.6) is 0 Å². The third-order valence-corrected chi connectivity index (χ3v) is 4.61. The van der Waals surface area contributed by atoms with Crippen LogP contribution in [-0.2, 0) is 36.3 Å². The highest BCUT2D eigenvalue weighted by Crippen LogP contribution is 2.19. The fraction of sp³-hybridized carbons (Fsp3) is 0.471. The number of nitrogens with two attached hydrogens (primary N) is 1. The minimum Gasteiger partial charge on any atom is -0.479 e. The molecular formula is C17H23NO6S. The summed E-state index contributed by atoms with van der Waals surface area (Å²) in [6.45, 7) is 6.20. The number of carbonyl (C=O) groups excluding carboxylic acids is 2. The lowest BCUT2D eigenvalue weighted by Crippen LogP contribution is -2.58. The normalized spacial score (nSPS) is 15.1. The highest BCUT2D eigenvalue weighted by Gasteiger charge is 2.45. The third-order valence-electron chi connectivity index (χ3n) is 3.15. The summed E-state index contributed by atoms with van der Waals surface area (Å²) in [7, 11) is -1.46. The molecule has 2 unspecified atom stereocenters. The largest absolute Gasteiger partial charge is 0.479 e. The van der Waals surface area contributed by atoms with Crippen molar-refractivity contribution in [3.05, 3.63) is 29.8 Å². The summed E-state index contributed by atoms with van der Waals surface area (Å²) < 4.78 is 17.0. The molecule has 0 aliphatic heterocycles. The van der Waals surface area contributed by atoms with Gasteiger partial charge in [0.2, 0.25) is 5.54 Å². The van der Waals surface area contributed by atoms with E-state index in [1.165, 1.54) is 31.2 Å². The Labute approximate surface area is 149 Å². The van der Waals surface area contributed by atoms with Gasteiger partial charge in [-0.3, -0.25) is 9.00 Å². The highest BCUT2D eigenvalue weighted by atomic mass is 32.2. The number of hydrogen-bond donors (Lipinski definition) is 2. The van der Waals surface area contributed by atoms with Crippen LogP contribution >= 0.6 is 0 Å². The predicted octanol–water partition coefficient (Wildman–Crippen LogP) is 1.05. The van der Waals surface area contributed by atoms with E-state index >= 15 is 0 Å². The molecule has 0 radical (unpaired) electrons. The first-order valence-electron chi connectivity index (χ1n) is 7.57. The molecule has 25 heavy (non-hydrogen) atoms. The first kappa shape index (κ1) is 21.0. The molecule has 0 aliphatic rings. The number of esters is 1. The lowest BCUT2D eigenvalue weighted by atomic mass is 9.91. The second kappa shape index (κ2) is 7.88. The summed E-state index contributed by atoms with van der Waals surface area (Å²) in [5.41, 5.74) is 3.18. The fourth-order valence-corrected chi connectivity index (χ4v) is 2.93. The van der Waals surface area contributed by atoms with E-state index in [0.29, 0.717) is 10.5 Å². The van der Waals surface area contributed by atoms with Crippen LogP contribution in [0.3, 0.4) is 0 Å². The molecule has 0 bridgehead atoms. The number of rotatable bonds is 7. The maximum Gasteiger partial charge on any atom is 0.338 e. The van der Waals surface area contributed by atoms with Crippen molar-refractivity contribution in [2.45, 2.75) is 50.2 Å². The maximum absolute atomic E-state index is 12.2. The molecule has 8 heteroatoms. The van der Waals surface area contributed by atoms with Crippen molar-refractivity contribution < 1.29 is 28.4 Å².